The van der Waals surface area contributed by atoms with Crippen molar-refractivity contribution in [3.8, 4) is 5.75 Å². The Morgan fingerprint density at radius 1 is 1.07 bits per heavy atom. The third-order valence-corrected chi connectivity index (χ3v) is 6.34. The second-order valence-corrected chi connectivity index (χ2v) is 8.69. The van der Waals surface area contributed by atoms with E-state index in [1.54, 1.807) is 18.4 Å². The van der Waals surface area contributed by atoms with E-state index >= 15 is 0 Å². The number of benzene rings is 1. The molecule has 154 valence electrons. The molecule has 0 saturated carbocycles. The van der Waals surface area contributed by atoms with Crippen LogP contribution in [0.1, 0.15) is 30.6 Å². The van der Waals surface area contributed by atoms with Crippen LogP contribution >= 0.6 is 11.3 Å². The highest BCUT2D eigenvalue weighted by Crippen LogP contribution is 2.32. The van der Waals surface area contributed by atoms with E-state index in [2.05, 4.69) is 68.8 Å². The highest BCUT2D eigenvalue weighted by Gasteiger charge is 2.32. The minimum absolute atomic E-state index is 0.199. The van der Waals surface area contributed by atoms with Crippen LogP contribution in [0.4, 0.5) is 5.69 Å². The predicted molar refractivity (Wildman–Crippen MR) is 116 cm³/mol. The summed E-state index contributed by atoms with van der Waals surface area (Å²) < 4.78 is 7.51. The molecule has 4 rings (SSSR count). The third kappa shape index (κ3) is 4.28. The molecule has 0 bridgehead atoms. The summed E-state index contributed by atoms with van der Waals surface area (Å²) in [6.07, 6.45) is 0. The van der Waals surface area contributed by atoms with Gasteiger partial charge in [-0.05, 0) is 39.9 Å². The highest BCUT2D eigenvalue weighted by molar-refractivity contribution is 7.09. The largest absolute Gasteiger partial charge is 0.495 e. The zero-order chi connectivity index (χ0) is 20.2. The molecule has 1 aromatic carbocycles. The van der Waals surface area contributed by atoms with Crippen LogP contribution in [0.3, 0.4) is 0 Å². The van der Waals surface area contributed by atoms with E-state index in [1.807, 2.05) is 16.8 Å². The molecule has 1 aliphatic rings. The Labute approximate surface area is 175 Å². The van der Waals surface area contributed by atoms with Crippen molar-refractivity contribution >= 4 is 17.0 Å². The van der Waals surface area contributed by atoms with Gasteiger partial charge >= 0.3 is 0 Å². The molecule has 1 fully saturated rings. The lowest BCUT2D eigenvalue weighted by Gasteiger charge is -2.41. The summed E-state index contributed by atoms with van der Waals surface area (Å²) >= 11 is 1.74. The minimum Gasteiger partial charge on any atom is -0.495 e. The number of piperazine rings is 1. The van der Waals surface area contributed by atoms with Crippen molar-refractivity contribution in [2.24, 2.45) is 5.92 Å². The van der Waals surface area contributed by atoms with Gasteiger partial charge in [0.15, 0.2) is 5.82 Å². The Bertz CT molecular complexity index is 902. The summed E-state index contributed by atoms with van der Waals surface area (Å²) in [6, 6.07) is 12.6. The van der Waals surface area contributed by atoms with Crippen LogP contribution in [0.2, 0.25) is 0 Å². The van der Waals surface area contributed by atoms with Gasteiger partial charge in [0.25, 0.3) is 0 Å². The summed E-state index contributed by atoms with van der Waals surface area (Å²) in [6.45, 7) is 9.07. The Kier molecular flexibility index (Phi) is 6.10. The molecule has 7 nitrogen and oxygen atoms in total. The summed E-state index contributed by atoms with van der Waals surface area (Å²) in [5.74, 6) is 2.31. The summed E-state index contributed by atoms with van der Waals surface area (Å²) in [5.41, 5.74) is 1.17. The highest BCUT2D eigenvalue weighted by atomic mass is 32.1. The number of methoxy groups -OCH3 is 1. The zero-order valence-electron chi connectivity index (χ0n) is 17.2. The van der Waals surface area contributed by atoms with Crippen molar-refractivity contribution in [2.45, 2.75) is 26.4 Å². The third-order valence-electron chi connectivity index (χ3n) is 5.47. The number of hydrogen-bond donors (Lipinski definition) is 0. The van der Waals surface area contributed by atoms with Crippen LogP contribution in [-0.2, 0) is 6.54 Å². The average molecular weight is 413 g/mol. The van der Waals surface area contributed by atoms with Crippen LogP contribution in [0, 0.1) is 5.92 Å². The molecule has 0 radical (unpaired) electrons. The smallest absolute Gasteiger partial charge is 0.169 e. The number of hydrogen-bond acceptors (Lipinski definition) is 7. The molecule has 8 heteroatoms. The number of tetrazole rings is 1. The van der Waals surface area contributed by atoms with Crippen molar-refractivity contribution < 1.29 is 4.74 Å². The van der Waals surface area contributed by atoms with Crippen LogP contribution in [0.15, 0.2) is 41.8 Å². The second kappa shape index (κ2) is 8.92. The van der Waals surface area contributed by atoms with Crippen molar-refractivity contribution in [3.63, 3.8) is 0 Å². The molecule has 3 aromatic rings. The number of rotatable bonds is 7. The monoisotopic (exact) mass is 412 g/mol. The van der Waals surface area contributed by atoms with Gasteiger partial charge in [-0.15, -0.1) is 16.4 Å². The van der Waals surface area contributed by atoms with Gasteiger partial charge in [-0.25, -0.2) is 4.68 Å². The summed E-state index contributed by atoms with van der Waals surface area (Å²) in [7, 11) is 1.73. The molecule has 0 amide bonds. The molecule has 3 heterocycles. The zero-order valence-corrected chi connectivity index (χ0v) is 18.0. The topological polar surface area (TPSA) is 59.3 Å². The molecule has 0 spiro atoms. The first-order chi connectivity index (χ1) is 14.2. The Balaban J connectivity index is 1.49. The number of nitrogens with zero attached hydrogens (tertiary/aromatic N) is 6. The predicted octanol–water partition coefficient (Wildman–Crippen LogP) is 3.31. The number of ether oxygens (including phenoxy) is 1. The van der Waals surface area contributed by atoms with E-state index in [1.165, 1.54) is 10.6 Å². The molecule has 1 aliphatic heterocycles. The Morgan fingerprint density at radius 3 is 2.55 bits per heavy atom. The molecule has 29 heavy (non-hydrogen) atoms. The molecule has 2 aromatic heterocycles. The molecular weight excluding hydrogens is 384 g/mol. The molecule has 1 saturated heterocycles. The van der Waals surface area contributed by atoms with Crippen LogP contribution in [0.25, 0.3) is 0 Å². The van der Waals surface area contributed by atoms with Gasteiger partial charge in [0.05, 0.1) is 25.4 Å². The van der Waals surface area contributed by atoms with Gasteiger partial charge in [0.1, 0.15) is 5.75 Å². The number of aromatic nitrogens is 4. The van der Waals surface area contributed by atoms with Gasteiger partial charge in [-0.3, -0.25) is 4.90 Å². The maximum atomic E-state index is 5.55. The average Bonchev–Trinajstić information content (AvgIpc) is 3.41. The summed E-state index contributed by atoms with van der Waals surface area (Å²) in [5, 5.41) is 14.8. The van der Waals surface area contributed by atoms with Crippen molar-refractivity contribution in [3.05, 3.63) is 52.5 Å². The van der Waals surface area contributed by atoms with Crippen LogP contribution in [-0.4, -0.2) is 58.4 Å². The fourth-order valence-corrected chi connectivity index (χ4v) is 4.79. The Morgan fingerprint density at radius 2 is 1.86 bits per heavy atom. The van der Waals surface area contributed by atoms with Crippen molar-refractivity contribution in [2.75, 3.05) is 38.2 Å². The summed E-state index contributed by atoms with van der Waals surface area (Å²) in [4.78, 5) is 6.19. The fraction of sp³-hybridized carbons (Fsp3) is 0.476. The molecule has 1 atom stereocenters. The van der Waals surface area contributed by atoms with E-state index in [0.29, 0.717) is 5.92 Å². The first-order valence-corrected chi connectivity index (χ1v) is 11.0. The molecule has 0 aliphatic carbocycles. The lowest BCUT2D eigenvalue weighted by molar-refractivity contribution is 0.135. The lowest BCUT2D eigenvalue weighted by atomic mass is 10.0. The fourth-order valence-electron chi connectivity index (χ4n) is 4.10. The van der Waals surface area contributed by atoms with E-state index in [0.717, 1.165) is 44.3 Å². The van der Waals surface area contributed by atoms with Crippen LogP contribution in [0.5, 0.6) is 5.75 Å². The van der Waals surface area contributed by atoms with Crippen LogP contribution < -0.4 is 9.64 Å². The van der Waals surface area contributed by atoms with Crippen molar-refractivity contribution in [1.29, 1.82) is 0 Å². The van der Waals surface area contributed by atoms with Gasteiger partial charge in [0.2, 0.25) is 0 Å². The number of thiophene rings is 1. The SMILES string of the molecule is COc1ccccc1N1CCN([C@H](c2nnnn2Cc2cccs2)C(C)C)CC1. The van der Waals surface area contributed by atoms with E-state index in [-0.39, 0.29) is 6.04 Å². The van der Waals surface area contributed by atoms with Crippen molar-refractivity contribution in [1.82, 2.24) is 25.1 Å². The second-order valence-electron chi connectivity index (χ2n) is 7.66. The lowest BCUT2D eigenvalue weighted by Crippen LogP contribution is -2.49. The molecule has 0 unspecified atom stereocenters. The first-order valence-electron chi connectivity index (χ1n) is 10.1. The van der Waals surface area contributed by atoms with E-state index in [9.17, 15) is 0 Å². The minimum atomic E-state index is 0.199. The first kappa shape index (κ1) is 19.8. The van der Waals surface area contributed by atoms with E-state index < -0.39 is 0 Å². The number of para-hydroxylation sites is 2. The standard InChI is InChI=1S/C21H28N6OS/c1-16(2)20(21-22-23-24-27(21)15-17-7-6-14-29-17)26-12-10-25(11-13-26)18-8-4-5-9-19(18)28-3/h4-9,14,16,20H,10-13,15H2,1-3H3/t20-/m0/s1. The molecular formula is C21H28N6OS. The maximum Gasteiger partial charge on any atom is 0.169 e. The maximum absolute atomic E-state index is 5.55. The normalized spacial score (nSPS) is 16.3. The van der Waals surface area contributed by atoms with E-state index in [4.69, 9.17) is 4.74 Å². The molecule has 0 N–H and O–H groups in total. The number of anilines is 1. The van der Waals surface area contributed by atoms with Gasteiger partial charge in [-0.2, -0.15) is 0 Å². The quantitative estimate of drug-likeness (QED) is 0.593. The van der Waals surface area contributed by atoms with Gasteiger partial charge in [-0.1, -0.05) is 32.0 Å². The van der Waals surface area contributed by atoms with Gasteiger partial charge < -0.3 is 9.64 Å². The Hall–Kier alpha value is -2.45. The van der Waals surface area contributed by atoms with Gasteiger partial charge in [0, 0.05) is 31.1 Å².